The van der Waals surface area contributed by atoms with Crippen molar-refractivity contribution in [2.24, 2.45) is 11.8 Å². The van der Waals surface area contributed by atoms with E-state index in [1.807, 2.05) is 50.1 Å². The number of halogens is 1. The van der Waals surface area contributed by atoms with Gasteiger partial charge < -0.3 is 9.64 Å². The number of ether oxygens (including phenoxy) is 1. The maximum Gasteiger partial charge on any atom is 0.228 e. The third-order valence-electron chi connectivity index (χ3n) is 4.24. The van der Waals surface area contributed by atoms with Gasteiger partial charge in [-0.2, -0.15) is 0 Å². The molecule has 1 aromatic rings. The molecule has 0 radical (unpaired) electrons. The zero-order chi connectivity index (χ0) is 14.9. The van der Waals surface area contributed by atoms with E-state index in [-0.39, 0.29) is 30.0 Å². The van der Waals surface area contributed by atoms with Gasteiger partial charge >= 0.3 is 0 Å². The van der Waals surface area contributed by atoms with Gasteiger partial charge in [0.25, 0.3) is 0 Å². The summed E-state index contributed by atoms with van der Waals surface area (Å²) in [5, 5.41) is 0. The number of benzene rings is 1. The number of carbonyl (C=O) groups is 1. The van der Waals surface area contributed by atoms with Crippen LogP contribution >= 0.6 is 15.9 Å². The highest BCUT2D eigenvalue weighted by molar-refractivity contribution is 9.10. The Morgan fingerprint density at radius 2 is 1.80 bits per heavy atom. The monoisotopic (exact) mass is 339 g/mol. The van der Waals surface area contributed by atoms with Crippen molar-refractivity contribution in [3.8, 4) is 0 Å². The van der Waals surface area contributed by atoms with Crippen molar-refractivity contribution in [2.75, 3.05) is 7.05 Å². The molecule has 1 aromatic carbocycles. The Kier molecular flexibility index (Phi) is 4.86. The maximum absolute atomic E-state index is 12.6. The van der Waals surface area contributed by atoms with Gasteiger partial charge in [0.2, 0.25) is 5.91 Å². The molecule has 0 aliphatic carbocycles. The van der Waals surface area contributed by atoms with Crippen LogP contribution in [-0.2, 0) is 16.1 Å². The Hall–Kier alpha value is -0.870. The lowest BCUT2D eigenvalue weighted by molar-refractivity contribution is -0.137. The number of hydrogen-bond acceptors (Lipinski definition) is 2. The van der Waals surface area contributed by atoms with Crippen molar-refractivity contribution in [2.45, 2.75) is 39.5 Å². The van der Waals surface area contributed by atoms with Crippen molar-refractivity contribution < 1.29 is 9.53 Å². The van der Waals surface area contributed by atoms with Crippen molar-refractivity contribution in [1.82, 2.24) is 4.90 Å². The second-order valence-corrected chi connectivity index (χ2v) is 6.67. The van der Waals surface area contributed by atoms with Crippen molar-refractivity contribution in [3.63, 3.8) is 0 Å². The number of carbonyl (C=O) groups excluding carboxylic acids is 1. The highest BCUT2D eigenvalue weighted by Crippen LogP contribution is 2.33. The molecule has 110 valence electrons. The maximum atomic E-state index is 12.6. The Morgan fingerprint density at radius 1 is 1.20 bits per heavy atom. The van der Waals surface area contributed by atoms with E-state index in [0.29, 0.717) is 6.54 Å². The fraction of sp³-hybridized carbons (Fsp3) is 0.562. The summed E-state index contributed by atoms with van der Waals surface area (Å²) in [5.41, 5.74) is 1.14. The first kappa shape index (κ1) is 15.5. The molecule has 0 spiro atoms. The Labute approximate surface area is 129 Å². The average Bonchev–Trinajstić information content (AvgIpc) is 2.65. The molecule has 20 heavy (non-hydrogen) atoms. The van der Waals surface area contributed by atoms with Crippen LogP contribution in [0.25, 0.3) is 0 Å². The molecule has 1 saturated heterocycles. The minimum absolute atomic E-state index is 0.000122. The van der Waals surface area contributed by atoms with E-state index in [1.165, 1.54) is 0 Å². The number of amides is 1. The van der Waals surface area contributed by atoms with Crippen LogP contribution in [0.1, 0.15) is 26.3 Å². The molecule has 0 N–H and O–H groups in total. The summed E-state index contributed by atoms with van der Waals surface area (Å²) in [6, 6.07) is 8.07. The van der Waals surface area contributed by atoms with Crippen LogP contribution in [0.3, 0.4) is 0 Å². The topological polar surface area (TPSA) is 29.5 Å². The summed E-state index contributed by atoms with van der Waals surface area (Å²) in [5.74, 6) is 0.410. The van der Waals surface area contributed by atoms with Gasteiger partial charge in [0.15, 0.2) is 0 Å². The van der Waals surface area contributed by atoms with Crippen molar-refractivity contribution in [1.29, 1.82) is 0 Å². The first-order chi connectivity index (χ1) is 9.40. The molecule has 4 unspecified atom stereocenters. The van der Waals surface area contributed by atoms with Gasteiger partial charge in [0.1, 0.15) is 0 Å². The highest BCUT2D eigenvalue weighted by Gasteiger charge is 2.42. The molecule has 1 heterocycles. The van der Waals surface area contributed by atoms with Gasteiger partial charge in [0.05, 0.1) is 18.1 Å². The molecule has 1 amide bonds. The number of rotatable bonds is 3. The van der Waals surface area contributed by atoms with Gasteiger partial charge in [-0.1, -0.05) is 35.0 Å². The predicted molar refractivity (Wildman–Crippen MR) is 83.3 cm³/mol. The summed E-state index contributed by atoms with van der Waals surface area (Å²) in [6.45, 7) is 6.78. The van der Waals surface area contributed by atoms with E-state index >= 15 is 0 Å². The van der Waals surface area contributed by atoms with Gasteiger partial charge in [-0.05, 0) is 37.5 Å². The van der Waals surface area contributed by atoms with E-state index in [1.54, 1.807) is 0 Å². The summed E-state index contributed by atoms with van der Waals surface area (Å²) in [7, 11) is 1.87. The first-order valence-electron chi connectivity index (χ1n) is 7.05. The second kappa shape index (κ2) is 6.27. The summed E-state index contributed by atoms with van der Waals surface area (Å²) in [4.78, 5) is 14.4. The lowest BCUT2D eigenvalue weighted by Gasteiger charge is -2.25. The molecule has 4 atom stereocenters. The predicted octanol–water partition coefficient (Wildman–Crippen LogP) is 3.47. The normalized spacial score (nSPS) is 29.4. The summed E-state index contributed by atoms with van der Waals surface area (Å²) in [6.07, 6.45) is 0.153. The fourth-order valence-electron chi connectivity index (χ4n) is 2.89. The van der Waals surface area contributed by atoms with Crippen LogP contribution in [0.4, 0.5) is 0 Å². The second-order valence-electron chi connectivity index (χ2n) is 5.75. The molecule has 1 fully saturated rings. The molecular weight excluding hydrogens is 318 g/mol. The molecular formula is C16H22BrNO2. The van der Waals surface area contributed by atoms with E-state index in [9.17, 15) is 4.79 Å². The van der Waals surface area contributed by atoms with E-state index in [4.69, 9.17) is 4.74 Å². The highest BCUT2D eigenvalue weighted by atomic mass is 79.9. The lowest BCUT2D eigenvalue weighted by Crippen LogP contribution is -2.38. The lowest BCUT2D eigenvalue weighted by atomic mass is 9.88. The van der Waals surface area contributed by atoms with Gasteiger partial charge in [-0.3, -0.25) is 4.79 Å². The summed E-state index contributed by atoms with van der Waals surface area (Å²) >= 11 is 3.42. The Balaban J connectivity index is 2.03. The number of nitrogens with zero attached hydrogens (tertiary/aromatic N) is 1. The smallest absolute Gasteiger partial charge is 0.228 e. The first-order valence-corrected chi connectivity index (χ1v) is 7.84. The van der Waals surface area contributed by atoms with Gasteiger partial charge in [-0.25, -0.2) is 0 Å². The zero-order valence-corrected chi connectivity index (χ0v) is 14.1. The SMILES string of the molecule is CC1OC(C)C(C(=O)N(C)Cc2ccc(Br)cc2)C1C. The Morgan fingerprint density at radius 3 is 2.30 bits per heavy atom. The van der Waals surface area contributed by atoms with Crippen LogP contribution in [-0.4, -0.2) is 30.1 Å². The number of hydrogen-bond donors (Lipinski definition) is 0. The molecule has 1 aliphatic heterocycles. The van der Waals surface area contributed by atoms with Crippen LogP contribution in [0.15, 0.2) is 28.7 Å². The zero-order valence-electron chi connectivity index (χ0n) is 12.5. The standard InChI is InChI=1S/C16H22BrNO2/c1-10-11(2)20-12(3)15(10)16(19)18(4)9-13-5-7-14(17)8-6-13/h5-8,10-12,15H,9H2,1-4H3. The molecule has 1 aliphatic rings. The molecule has 3 nitrogen and oxygen atoms in total. The molecule has 0 aromatic heterocycles. The largest absolute Gasteiger partial charge is 0.374 e. The van der Waals surface area contributed by atoms with Crippen molar-refractivity contribution in [3.05, 3.63) is 34.3 Å². The molecule has 0 saturated carbocycles. The molecule has 2 rings (SSSR count). The van der Waals surface area contributed by atoms with Crippen LogP contribution in [0, 0.1) is 11.8 Å². The van der Waals surface area contributed by atoms with E-state index in [0.717, 1.165) is 10.0 Å². The summed E-state index contributed by atoms with van der Waals surface area (Å²) < 4.78 is 6.82. The van der Waals surface area contributed by atoms with Crippen molar-refractivity contribution >= 4 is 21.8 Å². The van der Waals surface area contributed by atoms with Crippen LogP contribution < -0.4 is 0 Å². The molecule has 0 bridgehead atoms. The fourth-order valence-corrected chi connectivity index (χ4v) is 3.15. The quantitative estimate of drug-likeness (QED) is 0.843. The van der Waals surface area contributed by atoms with E-state index < -0.39 is 0 Å². The van der Waals surface area contributed by atoms with Crippen LogP contribution in [0.5, 0.6) is 0 Å². The van der Waals surface area contributed by atoms with Crippen LogP contribution in [0.2, 0.25) is 0 Å². The Bertz CT molecular complexity index is 474. The van der Waals surface area contributed by atoms with E-state index in [2.05, 4.69) is 22.9 Å². The average molecular weight is 340 g/mol. The van der Waals surface area contributed by atoms with Gasteiger partial charge in [0, 0.05) is 18.1 Å². The van der Waals surface area contributed by atoms with Gasteiger partial charge in [-0.15, -0.1) is 0 Å². The molecule has 4 heteroatoms. The third kappa shape index (κ3) is 3.23. The minimum Gasteiger partial charge on any atom is -0.374 e. The third-order valence-corrected chi connectivity index (χ3v) is 4.76. The minimum atomic E-state index is -0.0366.